The number of nitrogens with zero attached hydrogens (tertiary/aromatic N) is 1. The molecule has 43 heavy (non-hydrogen) atoms. The van der Waals surface area contributed by atoms with Crippen LogP contribution < -0.4 is 9.47 Å². The molecule has 7 nitrogen and oxygen atoms in total. The zero-order valence-corrected chi connectivity index (χ0v) is 26.7. The summed E-state index contributed by atoms with van der Waals surface area (Å²) in [5.74, 6) is -1.12. The van der Waals surface area contributed by atoms with E-state index >= 15 is 0 Å². The molecule has 0 spiro atoms. The Kier molecular flexibility index (Phi) is 8.45. The minimum absolute atomic E-state index is 0.0898. The van der Waals surface area contributed by atoms with E-state index in [1.165, 1.54) is 0 Å². The minimum atomic E-state index is -1.02. The molecule has 5 rings (SSSR count). The first-order chi connectivity index (χ1) is 20.2. The maximum absolute atomic E-state index is 13.9. The Balaban J connectivity index is 1.67. The molecular weight excluding hydrogens is 589 g/mol. The van der Waals surface area contributed by atoms with Gasteiger partial charge < -0.3 is 19.5 Å². The van der Waals surface area contributed by atoms with E-state index in [9.17, 15) is 19.5 Å². The molecule has 0 bridgehead atoms. The van der Waals surface area contributed by atoms with Gasteiger partial charge in [0.2, 0.25) is 0 Å². The van der Waals surface area contributed by atoms with Crippen LogP contribution in [0, 0.1) is 10.8 Å². The van der Waals surface area contributed by atoms with Crippen molar-refractivity contribution >= 4 is 40.7 Å². The Morgan fingerprint density at radius 2 is 1.47 bits per heavy atom. The van der Waals surface area contributed by atoms with Crippen LogP contribution in [0.4, 0.5) is 0 Å². The van der Waals surface area contributed by atoms with Gasteiger partial charge in [0, 0.05) is 46.3 Å². The van der Waals surface area contributed by atoms with E-state index in [1.54, 1.807) is 29.2 Å². The lowest BCUT2D eigenvalue weighted by Gasteiger charge is -2.48. The normalized spacial score (nSPS) is 19.7. The summed E-state index contributed by atoms with van der Waals surface area (Å²) < 4.78 is 12.1. The van der Waals surface area contributed by atoms with E-state index < -0.39 is 11.9 Å². The van der Waals surface area contributed by atoms with Crippen LogP contribution in [0.2, 0.25) is 10.0 Å². The maximum Gasteiger partial charge on any atom is 0.323 e. The fourth-order valence-electron chi connectivity index (χ4n) is 6.60. The van der Waals surface area contributed by atoms with Gasteiger partial charge in [-0.15, -0.1) is 0 Å². The number of aliphatic carboxylic acids is 1. The molecule has 0 fully saturated rings. The summed E-state index contributed by atoms with van der Waals surface area (Å²) in [7, 11) is 0. The Labute approximate surface area is 262 Å². The number of ether oxygens (including phenoxy) is 2. The van der Waals surface area contributed by atoms with Gasteiger partial charge in [0.15, 0.2) is 23.1 Å². The van der Waals surface area contributed by atoms with Crippen molar-refractivity contribution in [3.8, 4) is 11.5 Å². The first-order valence-corrected chi connectivity index (χ1v) is 15.3. The average molecular weight is 627 g/mol. The molecule has 0 atom stereocenters. The molecule has 0 amide bonds. The number of allylic oxidation sites excluding steroid dienone is 4. The molecule has 9 heteroatoms. The number of carbonyl (C=O) groups is 3. The predicted octanol–water partition coefficient (Wildman–Crippen LogP) is 7.74. The second-order valence-corrected chi connectivity index (χ2v) is 14.0. The van der Waals surface area contributed by atoms with Gasteiger partial charge in [0.05, 0.1) is 11.6 Å². The highest BCUT2D eigenvalue weighted by Gasteiger charge is 2.49. The topological polar surface area (TPSA) is 93.1 Å². The van der Waals surface area contributed by atoms with Gasteiger partial charge >= 0.3 is 5.97 Å². The van der Waals surface area contributed by atoms with Gasteiger partial charge in [-0.1, -0.05) is 63.0 Å². The van der Waals surface area contributed by atoms with Crippen molar-refractivity contribution in [3.63, 3.8) is 0 Å². The standard InChI is InChI=1S/C34H37Cl2NO6/c1-6-42-27-12-20(11-22(36)32(27)43-18-19-7-9-21(35)10-8-19)29-30-23(13-33(2,3)15-25(30)38)37(17-28(40)41)24-14-34(4,5)16-26(39)31(24)29/h7-12,29H,6,13-18H2,1-5H3,(H,40,41). The van der Waals surface area contributed by atoms with Crippen LogP contribution in [0.5, 0.6) is 11.5 Å². The highest BCUT2D eigenvalue weighted by Crippen LogP contribution is 2.55. The summed E-state index contributed by atoms with van der Waals surface area (Å²) in [5.41, 5.74) is 3.11. The molecule has 2 aromatic rings. The summed E-state index contributed by atoms with van der Waals surface area (Å²) in [4.78, 5) is 41.8. The van der Waals surface area contributed by atoms with Crippen LogP contribution in [-0.4, -0.2) is 40.7 Å². The number of carbonyl (C=O) groups excluding carboxylic acids is 2. The van der Waals surface area contributed by atoms with Crippen LogP contribution >= 0.6 is 23.2 Å². The molecule has 1 heterocycles. The lowest BCUT2D eigenvalue weighted by atomic mass is 9.63. The highest BCUT2D eigenvalue weighted by molar-refractivity contribution is 6.32. The molecule has 0 aromatic heterocycles. The van der Waals surface area contributed by atoms with Crippen molar-refractivity contribution in [2.45, 2.75) is 72.8 Å². The lowest BCUT2D eigenvalue weighted by Crippen LogP contribution is -2.45. The highest BCUT2D eigenvalue weighted by atomic mass is 35.5. The molecule has 228 valence electrons. The van der Waals surface area contributed by atoms with Gasteiger partial charge in [-0.3, -0.25) is 14.4 Å². The number of rotatable bonds is 8. The zero-order valence-electron chi connectivity index (χ0n) is 25.2. The van der Waals surface area contributed by atoms with Gasteiger partial charge in [0.1, 0.15) is 13.2 Å². The van der Waals surface area contributed by atoms with Crippen molar-refractivity contribution in [2.24, 2.45) is 10.8 Å². The van der Waals surface area contributed by atoms with E-state index in [4.69, 9.17) is 32.7 Å². The van der Waals surface area contributed by atoms with Crippen LogP contribution in [0.25, 0.3) is 0 Å². The van der Waals surface area contributed by atoms with Crippen LogP contribution in [0.15, 0.2) is 58.9 Å². The van der Waals surface area contributed by atoms with Crippen molar-refractivity contribution < 1.29 is 29.0 Å². The number of ketones is 2. The Morgan fingerprint density at radius 3 is 1.98 bits per heavy atom. The SMILES string of the molecule is CCOc1cc(C2C3=C(CC(C)(C)CC3=O)N(CC(=O)O)C3=C2C(=O)CC(C)(C)C3)cc(Cl)c1OCc1ccc(Cl)cc1. The number of halogens is 2. The third-order valence-electron chi connectivity index (χ3n) is 8.28. The van der Waals surface area contributed by atoms with Crippen LogP contribution in [-0.2, 0) is 21.0 Å². The van der Waals surface area contributed by atoms with Gasteiger partial charge in [-0.05, 0) is 66.0 Å². The molecule has 0 radical (unpaired) electrons. The summed E-state index contributed by atoms with van der Waals surface area (Å²) in [6, 6.07) is 10.8. The lowest BCUT2D eigenvalue weighted by molar-refractivity contribution is -0.138. The second kappa shape index (κ2) is 11.7. The summed E-state index contributed by atoms with van der Waals surface area (Å²) in [6.45, 7) is 10.2. The molecule has 0 saturated carbocycles. The van der Waals surface area contributed by atoms with Crippen molar-refractivity contribution in [1.29, 1.82) is 0 Å². The quantitative estimate of drug-likeness (QED) is 0.320. The molecule has 0 unspecified atom stereocenters. The first-order valence-electron chi connectivity index (χ1n) is 14.5. The molecule has 3 aliphatic rings. The average Bonchev–Trinajstić information content (AvgIpc) is 2.88. The van der Waals surface area contributed by atoms with Gasteiger partial charge in [-0.2, -0.15) is 0 Å². The number of carboxylic acid groups (broad SMARTS) is 1. The van der Waals surface area contributed by atoms with Crippen LogP contribution in [0.3, 0.4) is 0 Å². The third-order valence-corrected chi connectivity index (χ3v) is 8.81. The Morgan fingerprint density at radius 1 is 0.907 bits per heavy atom. The van der Waals surface area contributed by atoms with Gasteiger partial charge in [-0.25, -0.2) is 0 Å². The summed E-state index contributed by atoms with van der Waals surface area (Å²) in [5, 5.41) is 10.8. The van der Waals surface area contributed by atoms with E-state index in [1.807, 2.05) is 46.8 Å². The minimum Gasteiger partial charge on any atom is -0.490 e. The molecule has 0 saturated heterocycles. The largest absolute Gasteiger partial charge is 0.490 e. The molecule has 2 aromatic carbocycles. The Bertz CT molecular complexity index is 1500. The van der Waals surface area contributed by atoms with Crippen molar-refractivity contribution in [2.75, 3.05) is 13.2 Å². The number of Topliss-reactive ketones (excluding diaryl/α,β-unsaturated/α-hetero) is 2. The van der Waals surface area contributed by atoms with E-state index in [2.05, 4.69) is 0 Å². The zero-order chi connectivity index (χ0) is 31.3. The monoisotopic (exact) mass is 625 g/mol. The number of hydrogen-bond donors (Lipinski definition) is 1. The number of carboxylic acids is 1. The fraction of sp³-hybridized carbons (Fsp3) is 0.441. The molecular formula is C34H37Cl2NO6. The fourth-order valence-corrected chi connectivity index (χ4v) is 7.00. The first kappa shape index (κ1) is 31.1. The smallest absolute Gasteiger partial charge is 0.323 e. The van der Waals surface area contributed by atoms with E-state index in [0.717, 1.165) is 5.56 Å². The van der Waals surface area contributed by atoms with E-state index in [0.29, 0.717) is 81.9 Å². The van der Waals surface area contributed by atoms with Gasteiger partial charge in [0.25, 0.3) is 0 Å². The maximum atomic E-state index is 13.9. The number of benzene rings is 2. The van der Waals surface area contributed by atoms with Crippen molar-refractivity contribution in [1.82, 2.24) is 4.90 Å². The molecule has 1 N–H and O–H groups in total. The van der Waals surface area contributed by atoms with Crippen molar-refractivity contribution in [3.05, 3.63) is 80.1 Å². The van der Waals surface area contributed by atoms with Crippen LogP contribution in [0.1, 0.15) is 77.3 Å². The third kappa shape index (κ3) is 6.34. The molecule has 1 aliphatic heterocycles. The summed E-state index contributed by atoms with van der Waals surface area (Å²) >= 11 is 12.9. The molecule has 2 aliphatic carbocycles. The summed E-state index contributed by atoms with van der Waals surface area (Å²) in [6.07, 6.45) is 1.61. The predicted molar refractivity (Wildman–Crippen MR) is 166 cm³/mol. The number of hydrogen-bond acceptors (Lipinski definition) is 6. The second-order valence-electron chi connectivity index (χ2n) is 13.2. The van der Waals surface area contributed by atoms with E-state index in [-0.39, 0.29) is 35.5 Å². The Hall–Kier alpha value is -3.29.